The van der Waals surface area contributed by atoms with E-state index in [0.717, 1.165) is 48.9 Å². The number of likely N-dealkylation sites (tertiary alicyclic amines) is 1. The van der Waals surface area contributed by atoms with Gasteiger partial charge in [0.2, 0.25) is 0 Å². The Morgan fingerprint density at radius 1 is 1.00 bits per heavy atom. The van der Waals surface area contributed by atoms with Crippen LogP contribution in [-0.2, 0) is 11.3 Å². The number of ether oxygens (including phenoxy) is 2. The topological polar surface area (TPSA) is 33.7 Å². The molecule has 4 heteroatoms. The maximum absolute atomic E-state index is 6.46. The fraction of sp³-hybridized carbons (Fsp3) is 0.440. The Morgan fingerprint density at radius 3 is 2.55 bits per heavy atom. The van der Waals surface area contributed by atoms with Crippen molar-refractivity contribution in [3.8, 4) is 5.75 Å². The molecular weight excluding hydrogens is 360 g/mol. The number of nitrogens with zero attached hydrogens (tertiary/aromatic N) is 1. The highest BCUT2D eigenvalue weighted by Crippen LogP contribution is 2.34. The zero-order valence-corrected chi connectivity index (χ0v) is 17.7. The smallest absolute Gasteiger partial charge is 0.150 e. The third-order valence-electron chi connectivity index (χ3n) is 5.96. The van der Waals surface area contributed by atoms with E-state index in [-0.39, 0.29) is 0 Å². The molecule has 0 radical (unpaired) electrons. The van der Waals surface area contributed by atoms with Crippen molar-refractivity contribution in [1.29, 1.82) is 0 Å². The number of piperidine rings is 1. The van der Waals surface area contributed by atoms with E-state index in [4.69, 9.17) is 9.47 Å². The quantitative estimate of drug-likeness (QED) is 0.685. The molecule has 2 heterocycles. The summed E-state index contributed by atoms with van der Waals surface area (Å²) in [7, 11) is 1.70. The molecule has 0 saturated carbocycles. The average molecular weight is 393 g/mol. The number of hydrogen-bond donors (Lipinski definition) is 1. The molecule has 0 atom stereocenters. The molecule has 0 unspecified atom stereocenters. The maximum atomic E-state index is 6.46. The van der Waals surface area contributed by atoms with E-state index in [9.17, 15) is 0 Å². The molecule has 0 amide bonds. The van der Waals surface area contributed by atoms with Crippen molar-refractivity contribution in [2.45, 2.75) is 39.2 Å². The summed E-state index contributed by atoms with van der Waals surface area (Å²) < 4.78 is 11.8. The number of benzene rings is 2. The predicted molar refractivity (Wildman–Crippen MR) is 119 cm³/mol. The molecule has 154 valence electrons. The minimum Gasteiger partial charge on any atom is -0.497 e. The third kappa shape index (κ3) is 4.59. The van der Waals surface area contributed by atoms with Crippen LogP contribution >= 0.6 is 0 Å². The normalized spacial score (nSPS) is 16.9. The van der Waals surface area contributed by atoms with Gasteiger partial charge in [-0.2, -0.15) is 0 Å². The van der Waals surface area contributed by atoms with Crippen LogP contribution in [0.1, 0.15) is 47.9 Å². The lowest BCUT2D eigenvalue weighted by Crippen LogP contribution is -2.31. The van der Waals surface area contributed by atoms with Gasteiger partial charge in [-0.25, -0.2) is 0 Å². The first-order valence-corrected chi connectivity index (χ1v) is 10.8. The van der Waals surface area contributed by atoms with Crippen LogP contribution in [0, 0.1) is 6.92 Å². The maximum Gasteiger partial charge on any atom is 0.150 e. The van der Waals surface area contributed by atoms with Gasteiger partial charge < -0.3 is 19.7 Å². The van der Waals surface area contributed by atoms with E-state index in [2.05, 4.69) is 47.5 Å². The van der Waals surface area contributed by atoms with Gasteiger partial charge in [-0.1, -0.05) is 24.6 Å². The monoisotopic (exact) mass is 392 g/mol. The van der Waals surface area contributed by atoms with Crippen LogP contribution in [0.4, 0.5) is 0 Å². The lowest BCUT2D eigenvalue weighted by atomic mass is 9.94. The molecule has 2 aliphatic rings. The van der Waals surface area contributed by atoms with Gasteiger partial charge in [0.25, 0.3) is 0 Å². The number of rotatable bonds is 7. The lowest BCUT2D eigenvalue weighted by Gasteiger charge is -2.28. The summed E-state index contributed by atoms with van der Waals surface area (Å²) in [6.07, 6.45) is 5.11. The Labute approximate surface area is 174 Å². The van der Waals surface area contributed by atoms with Crippen molar-refractivity contribution in [2.24, 2.45) is 0 Å². The first kappa shape index (κ1) is 19.8. The number of methoxy groups -OCH3 is 1. The minimum atomic E-state index is 0.737. The summed E-state index contributed by atoms with van der Waals surface area (Å²) in [6.45, 7) is 7.33. The van der Waals surface area contributed by atoms with Gasteiger partial charge in [-0.15, -0.1) is 0 Å². The fourth-order valence-electron chi connectivity index (χ4n) is 4.37. The highest BCUT2D eigenvalue weighted by molar-refractivity contribution is 5.90. The molecule has 0 aromatic heterocycles. The predicted octanol–water partition coefficient (Wildman–Crippen LogP) is 4.83. The van der Waals surface area contributed by atoms with Crippen molar-refractivity contribution < 1.29 is 9.47 Å². The highest BCUT2D eigenvalue weighted by atomic mass is 16.5. The second kappa shape index (κ2) is 9.36. The molecule has 2 aromatic carbocycles. The molecule has 0 spiro atoms. The zero-order chi connectivity index (χ0) is 20.1. The van der Waals surface area contributed by atoms with Crippen molar-refractivity contribution in [1.82, 2.24) is 10.2 Å². The minimum absolute atomic E-state index is 0.737. The standard InChI is InChI=1S/C25H32N2O2/c1-19-8-6-9-21-18-26-24(20-10-12-22(28-2)13-11-20)25(23(19)21)29-17-7-16-27-14-4-3-5-15-27/h6,8-13,26H,3-5,7,14-18H2,1-2H3. The first-order valence-electron chi connectivity index (χ1n) is 10.8. The molecule has 2 aromatic rings. The van der Waals surface area contributed by atoms with E-state index in [1.54, 1.807) is 7.11 Å². The summed E-state index contributed by atoms with van der Waals surface area (Å²) >= 11 is 0. The van der Waals surface area contributed by atoms with Crippen molar-refractivity contribution >= 4 is 11.5 Å². The summed E-state index contributed by atoms with van der Waals surface area (Å²) in [5.74, 6) is 1.85. The molecule has 0 bridgehead atoms. The van der Waals surface area contributed by atoms with Gasteiger partial charge >= 0.3 is 0 Å². The van der Waals surface area contributed by atoms with Crippen LogP contribution in [-0.4, -0.2) is 38.3 Å². The lowest BCUT2D eigenvalue weighted by molar-refractivity contribution is 0.195. The van der Waals surface area contributed by atoms with Gasteiger partial charge in [0.1, 0.15) is 5.75 Å². The van der Waals surface area contributed by atoms with Crippen molar-refractivity contribution in [3.05, 3.63) is 64.7 Å². The number of aryl methyl sites for hydroxylation is 1. The number of nitrogens with one attached hydrogen (secondary N) is 1. The van der Waals surface area contributed by atoms with E-state index < -0.39 is 0 Å². The molecule has 1 saturated heterocycles. The van der Waals surface area contributed by atoms with Gasteiger partial charge in [0.05, 0.1) is 19.4 Å². The van der Waals surface area contributed by atoms with Crippen LogP contribution in [0.2, 0.25) is 0 Å². The SMILES string of the molecule is COc1ccc(C2=C(OCCCN3CCCCC3)c3c(C)cccc3CN2)cc1. The molecule has 1 N–H and O–H groups in total. The largest absolute Gasteiger partial charge is 0.497 e. The molecule has 4 nitrogen and oxygen atoms in total. The molecule has 0 aliphatic carbocycles. The molecule has 1 fully saturated rings. The summed E-state index contributed by atoms with van der Waals surface area (Å²) in [5, 5.41) is 3.60. The van der Waals surface area contributed by atoms with E-state index in [1.165, 1.54) is 49.0 Å². The van der Waals surface area contributed by atoms with E-state index >= 15 is 0 Å². The summed E-state index contributed by atoms with van der Waals surface area (Å²) in [6, 6.07) is 14.7. The Bertz CT molecular complexity index is 852. The molecule has 29 heavy (non-hydrogen) atoms. The number of fused-ring (bicyclic) bond motifs is 1. The second-order valence-electron chi connectivity index (χ2n) is 8.00. The van der Waals surface area contributed by atoms with Crippen LogP contribution in [0.25, 0.3) is 11.5 Å². The van der Waals surface area contributed by atoms with Crippen LogP contribution in [0.5, 0.6) is 5.75 Å². The first-order chi connectivity index (χ1) is 14.3. The van der Waals surface area contributed by atoms with Crippen molar-refractivity contribution in [3.63, 3.8) is 0 Å². The molecular formula is C25H32N2O2. The summed E-state index contributed by atoms with van der Waals surface area (Å²) in [5.41, 5.74) is 6.02. The molecule has 2 aliphatic heterocycles. The molecule has 4 rings (SSSR count). The Morgan fingerprint density at radius 2 is 1.79 bits per heavy atom. The van der Waals surface area contributed by atoms with Crippen LogP contribution < -0.4 is 10.1 Å². The van der Waals surface area contributed by atoms with E-state index in [1.807, 2.05) is 12.1 Å². The average Bonchev–Trinajstić information content (AvgIpc) is 2.77. The zero-order valence-electron chi connectivity index (χ0n) is 17.7. The highest BCUT2D eigenvalue weighted by Gasteiger charge is 2.23. The Balaban J connectivity index is 1.56. The van der Waals surface area contributed by atoms with Gasteiger partial charge in [-0.05, 0) is 74.7 Å². The van der Waals surface area contributed by atoms with Gasteiger partial charge in [0, 0.05) is 24.2 Å². The fourth-order valence-corrected chi connectivity index (χ4v) is 4.37. The van der Waals surface area contributed by atoms with Crippen LogP contribution in [0.3, 0.4) is 0 Å². The Hall–Kier alpha value is -2.46. The number of hydrogen-bond acceptors (Lipinski definition) is 4. The van der Waals surface area contributed by atoms with Crippen LogP contribution in [0.15, 0.2) is 42.5 Å². The van der Waals surface area contributed by atoms with Gasteiger partial charge in [-0.3, -0.25) is 0 Å². The van der Waals surface area contributed by atoms with Crippen molar-refractivity contribution in [2.75, 3.05) is 33.4 Å². The van der Waals surface area contributed by atoms with E-state index in [0.29, 0.717) is 0 Å². The third-order valence-corrected chi connectivity index (χ3v) is 5.96. The Kier molecular flexibility index (Phi) is 6.40. The second-order valence-corrected chi connectivity index (χ2v) is 8.00. The van der Waals surface area contributed by atoms with Gasteiger partial charge in [0.15, 0.2) is 5.76 Å². The summed E-state index contributed by atoms with van der Waals surface area (Å²) in [4.78, 5) is 2.57.